The molecule has 58 heavy (non-hydrogen) atoms. The van der Waals surface area contributed by atoms with Crippen LogP contribution in [-0.2, 0) is 6.42 Å². The summed E-state index contributed by atoms with van der Waals surface area (Å²) in [6, 6.07) is 58.1. The number of anilines is 2. The number of hydrogen-bond donors (Lipinski definition) is 0. The molecule has 5 aliphatic carbocycles. The van der Waals surface area contributed by atoms with Gasteiger partial charge in [0.25, 0.3) is 0 Å². The Morgan fingerprint density at radius 3 is 2.21 bits per heavy atom. The van der Waals surface area contributed by atoms with Crippen molar-refractivity contribution in [2.24, 2.45) is 0 Å². The van der Waals surface area contributed by atoms with Crippen molar-refractivity contribution in [3.63, 3.8) is 0 Å². The maximum absolute atomic E-state index is 6.29. The third kappa shape index (κ3) is 5.18. The van der Waals surface area contributed by atoms with Gasteiger partial charge in [0.1, 0.15) is 11.2 Å². The second-order valence-electron chi connectivity index (χ2n) is 15.8. The van der Waals surface area contributed by atoms with Gasteiger partial charge < -0.3 is 9.32 Å². The van der Waals surface area contributed by atoms with E-state index in [2.05, 4.69) is 187 Å². The average molecular weight is 742 g/mol. The van der Waals surface area contributed by atoms with Crippen molar-refractivity contribution in [1.82, 2.24) is 0 Å². The van der Waals surface area contributed by atoms with Gasteiger partial charge in [0.15, 0.2) is 0 Å². The van der Waals surface area contributed by atoms with Crippen LogP contribution in [0, 0.1) is 0 Å². The minimum atomic E-state index is 0.785. The molecule has 8 aromatic rings. The molecule has 0 atom stereocenters. The lowest BCUT2D eigenvalue weighted by atomic mass is 9.70. The Hall–Kier alpha value is -7.16. The van der Waals surface area contributed by atoms with Gasteiger partial charge >= 0.3 is 0 Å². The SMILES string of the molecule is C1=CCC(N(c2ccc(-c3ccc4c(c3)-c3c5cccc3-c3ccccc3C3=C(CCC=C34)C5)cc2)c2ccc3oc4ccccc4c3c2)=C(c2ccccc2)C=C1. The highest BCUT2D eigenvalue weighted by molar-refractivity contribution is 6.16. The Kier molecular flexibility index (Phi) is 7.53. The van der Waals surface area contributed by atoms with E-state index in [9.17, 15) is 0 Å². The van der Waals surface area contributed by atoms with E-state index in [-0.39, 0.29) is 0 Å². The summed E-state index contributed by atoms with van der Waals surface area (Å²) in [7, 11) is 0. The summed E-state index contributed by atoms with van der Waals surface area (Å²) in [5.41, 5.74) is 24.1. The minimum Gasteiger partial charge on any atom is -0.456 e. The Morgan fingerprint density at radius 1 is 0.517 bits per heavy atom. The van der Waals surface area contributed by atoms with Gasteiger partial charge in [0.2, 0.25) is 0 Å². The van der Waals surface area contributed by atoms with Crippen molar-refractivity contribution < 1.29 is 4.42 Å². The summed E-state index contributed by atoms with van der Waals surface area (Å²) < 4.78 is 6.29. The molecule has 0 spiro atoms. The lowest BCUT2D eigenvalue weighted by Crippen LogP contribution is -2.17. The van der Waals surface area contributed by atoms with Crippen LogP contribution in [0.5, 0.6) is 0 Å². The van der Waals surface area contributed by atoms with Gasteiger partial charge in [-0.3, -0.25) is 0 Å². The summed E-state index contributed by atoms with van der Waals surface area (Å²) in [6.45, 7) is 0. The molecule has 274 valence electrons. The molecule has 0 radical (unpaired) electrons. The van der Waals surface area contributed by atoms with Crippen molar-refractivity contribution in [2.75, 3.05) is 4.90 Å². The van der Waals surface area contributed by atoms with E-state index in [0.717, 1.165) is 59.0 Å². The first-order chi connectivity index (χ1) is 28.8. The molecule has 0 N–H and O–H groups in total. The molecule has 0 amide bonds. The number of allylic oxidation sites excluding steroid dienone is 9. The molecule has 0 unspecified atom stereocenters. The minimum absolute atomic E-state index is 0.785. The van der Waals surface area contributed by atoms with Crippen molar-refractivity contribution >= 4 is 50.0 Å². The highest BCUT2D eigenvalue weighted by Crippen LogP contribution is 2.54. The summed E-state index contributed by atoms with van der Waals surface area (Å²) >= 11 is 0. The summed E-state index contributed by atoms with van der Waals surface area (Å²) in [6.07, 6.45) is 15.3. The Labute approximate surface area is 338 Å². The fraction of sp³-hybridized carbons (Fsp3) is 0.0714. The maximum atomic E-state index is 6.29. The molecule has 5 aliphatic rings. The van der Waals surface area contributed by atoms with Gasteiger partial charge in [-0.25, -0.2) is 0 Å². The number of rotatable bonds is 5. The zero-order chi connectivity index (χ0) is 38.2. The van der Waals surface area contributed by atoms with Crippen LogP contribution in [0.4, 0.5) is 11.4 Å². The highest BCUT2D eigenvalue weighted by Gasteiger charge is 2.32. The number of fused-ring (bicyclic) bond motifs is 3. The molecular weight excluding hydrogens is 703 g/mol. The van der Waals surface area contributed by atoms with Crippen LogP contribution in [0.15, 0.2) is 204 Å². The van der Waals surface area contributed by atoms with E-state index in [1.807, 2.05) is 6.07 Å². The standard InChI is InChI=1S/C56H39NO/c1-3-13-37(14-4-1)43-17-5-2-6-23-52(43)57(42-30-32-54-50(35-42)46-19-9-10-24-53(46)58-54)41-28-25-36(26-29-41)38-27-31-45-49-22-11-15-39-33-40-16-12-21-48(56(40)51(45)34-38)44-18-7-8-20-47(44)55(39)49/h1-10,12-14,16-22,24-32,34-35H,11,15,23,33H2. The van der Waals surface area contributed by atoms with Gasteiger partial charge in [-0.15, -0.1) is 0 Å². The first-order valence-corrected chi connectivity index (χ1v) is 20.5. The number of nitrogens with zero attached hydrogens (tertiary/aromatic N) is 1. The fourth-order valence-electron chi connectivity index (χ4n) is 10.0. The molecule has 0 saturated heterocycles. The fourth-order valence-corrected chi connectivity index (χ4v) is 10.0. The second kappa shape index (κ2) is 13.2. The van der Waals surface area contributed by atoms with Crippen LogP contribution < -0.4 is 4.90 Å². The molecule has 2 nitrogen and oxygen atoms in total. The number of furan rings is 1. The van der Waals surface area contributed by atoms with Crippen molar-refractivity contribution in [2.45, 2.75) is 25.7 Å². The van der Waals surface area contributed by atoms with E-state index < -0.39 is 0 Å². The summed E-state index contributed by atoms with van der Waals surface area (Å²) in [5, 5.41) is 2.24. The quantitative estimate of drug-likeness (QED) is 0.175. The van der Waals surface area contributed by atoms with Crippen LogP contribution in [0.3, 0.4) is 0 Å². The number of hydrogen-bond acceptors (Lipinski definition) is 2. The van der Waals surface area contributed by atoms with E-state index >= 15 is 0 Å². The normalized spacial score (nSPS) is 15.1. The highest BCUT2D eigenvalue weighted by atomic mass is 16.3. The van der Waals surface area contributed by atoms with Crippen molar-refractivity contribution in [3.8, 4) is 33.4 Å². The van der Waals surface area contributed by atoms with Crippen LogP contribution in [0.1, 0.15) is 41.5 Å². The predicted octanol–water partition coefficient (Wildman–Crippen LogP) is 15.2. The van der Waals surface area contributed by atoms with Crippen LogP contribution in [-0.4, -0.2) is 0 Å². The Bertz CT molecular complexity index is 3150. The monoisotopic (exact) mass is 741 g/mol. The van der Waals surface area contributed by atoms with E-state index in [4.69, 9.17) is 4.42 Å². The first kappa shape index (κ1) is 33.0. The molecule has 7 aromatic carbocycles. The average Bonchev–Trinajstić information content (AvgIpc) is 3.47. The molecule has 6 bridgehead atoms. The summed E-state index contributed by atoms with van der Waals surface area (Å²) in [4.78, 5) is 2.45. The maximum Gasteiger partial charge on any atom is 0.135 e. The molecule has 1 aromatic heterocycles. The van der Waals surface area contributed by atoms with Crippen LogP contribution >= 0.6 is 0 Å². The van der Waals surface area contributed by atoms with Crippen LogP contribution in [0.2, 0.25) is 0 Å². The predicted molar refractivity (Wildman–Crippen MR) is 243 cm³/mol. The third-order valence-corrected chi connectivity index (χ3v) is 12.6. The largest absolute Gasteiger partial charge is 0.456 e. The van der Waals surface area contributed by atoms with E-state index in [1.165, 1.54) is 78.1 Å². The Morgan fingerprint density at radius 2 is 1.29 bits per heavy atom. The lowest BCUT2D eigenvalue weighted by molar-refractivity contribution is 0.669. The van der Waals surface area contributed by atoms with E-state index in [0.29, 0.717) is 0 Å². The van der Waals surface area contributed by atoms with Gasteiger partial charge in [-0.05, 0) is 129 Å². The topological polar surface area (TPSA) is 16.4 Å². The molecule has 2 heteroatoms. The molecule has 1 heterocycles. The zero-order valence-electron chi connectivity index (χ0n) is 32.1. The van der Waals surface area contributed by atoms with Gasteiger partial charge in [0, 0.05) is 39.8 Å². The molecule has 13 rings (SSSR count). The van der Waals surface area contributed by atoms with Gasteiger partial charge in [-0.1, -0.05) is 151 Å². The number of para-hydroxylation sites is 1. The Balaban J connectivity index is 1.02. The third-order valence-electron chi connectivity index (χ3n) is 12.6. The van der Waals surface area contributed by atoms with Crippen molar-refractivity contribution in [3.05, 3.63) is 222 Å². The first-order valence-electron chi connectivity index (χ1n) is 20.5. The van der Waals surface area contributed by atoms with Crippen LogP contribution in [0.25, 0.3) is 72.0 Å². The molecular formula is C56H39NO. The van der Waals surface area contributed by atoms with Crippen molar-refractivity contribution in [1.29, 1.82) is 0 Å². The van der Waals surface area contributed by atoms with Gasteiger partial charge in [-0.2, -0.15) is 0 Å². The smallest absolute Gasteiger partial charge is 0.135 e. The molecule has 0 fully saturated rings. The number of benzene rings is 7. The lowest BCUT2D eigenvalue weighted by Gasteiger charge is -2.33. The van der Waals surface area contributed by atoms with E-state index in [1.54, 1.807) is 5.57 Å². The van der Waals surface area contributed by atoms with Gasteiger partial charge in [0.05, 0.1) is 0 Å². The zero-order valence-corrected chi connectivity index (χ0v) is 32.1. The second-order valence-corrected chi connectivity index (χ2v) is 15.8. The summed E-state index contributed by atoms with van der Waals surface area (Å²) in [5.74, 6) is 0. The molecule has 0 saturated carbocycles. The molecule has 0 aliphatic heterocycles.